The Kier molecular flexibility index (Phi) is 57.5. The van der Waals surface area contributed by atoms with Gasteiger partial charge in [0.05, 0.1) is 69.8 Å². The van der Waals surface area contributed by atoms with Gasteiger partial charge in [0.2, 0.25) is 21.8 Å². The molecule has 8 heterocycles. The number of nitrogens with zero attached hydrogens (tertiary/aromatic N) is 8. The van der Waals surface area contributed by atoms with Crippen LogP contribution >= 0.6 is 0 Å². The number of likely N-dealkylation sites (tertiary alicyclic amines) is 2. The summed E-state index contributed by atoms with van der Waals surface area (Å²) in [5, 5.41) is 27.9. The largest absolute Gasteiger partial charge is 0.376 e. The van der Waals surface area contributed by atoms with E-state index in [1.165, 1.54) is 70.5 Å². The Hall–Kier alpha value is -1.87. The Morgan fingerprint density at radius 3 is 0.769 bits per heavy atom. The number of morpholine rings is 5. The van der Waals surface area contributed by atoms with Crippen molar-refractivity contribution in [3.05, 3.63) is 0 Å². The number of carbonyl (C=O) groups is 2. The molecule has 0 aromatic carbocycles. The minimum Gasteiger partial charge on any atom is -0.376 e. The summed E-state index contributed by atoms with van der Waals surface area (Å²) in [4.78, 5) is 38.7. The first-order valence-electron chi connectivity index (χ1n) is 47.7. The molecule has 26 heteroatoms. The molecule has 5 atom stereocenters. The van der Waals surface area contributed by atoms with E-state index in [4.69, 9.17) is 23.7 Å². The summed E-state index contributed by atoms with van der Waals surface area (Å²) in [5.41, 5.74) is 1.68. The van der Waals surface area contributed by atoms with Crippen LogP contribution in [0.1, 0.15) is 277 Å². The van der Waals surface area contributed by atoms with Crippen LogP contribution in [0, 0.1) is 23.7 Å². The summed E-state index contributed by atoms with van der Waals surface area (Å²) < 4.78 is 52.6. The molecule has 25 nitrogen and oxygen atoms in total. The van der Waals surface area contributed by atoms with Crippen LogP contribution in [0.3, 0.4) is 0 Å². The minimum atomic E-state index is -2.97. The van der Waals surface area contributed by atoms with Gasteiger partial charge in [0.15, 0.2) is 0 Å². The SMILES string of the molecule is CC(=O)N1CCC(CCCNC(C)(C)C)CC1.CC(C)(C)NCCCC1CCN(S(C)(=O)=O)CC1.CC(C)C(=O)N1CCC(CCCNC(C)(C)C)CC1.CN1CCOC(CNC(C)(C)C)C1.CN1CCO[C@@H](CCNC(C)(C)C)C1.CN1CCO[C@@H](CNC(C)(C)C)C1.CN1CCO[C@H](CCNC(C)(C)C)C1.CN1CCO[C@H](CNC(C)(C)C)C1. The van der Waals surface area contributed by atoms with E-state index in [2.05, 4.69) is 273 Å². The van der Waals surface area contributed by atoms with Crippen molar-refractivity contribution in [1.82, 2.24) is 81.1 Å². The van der Waals surface area contributed by atoms with E-state index in [-0.39, 0.29) is 56.1 Å². The third-order valence-electron chi connectivity index (χ3n) is 22.4. The number of piperidine rings is 3. The van der Waals surface area contributed by atoms with Crippen LogP contribution in [0.15, 0.2) is 0 Å². The second-order valence-corrected chi connectivity index (χ2v) is 47.0. The maximum atomic E-state index is 11.9. The van der Waals surface area contributed by atoms with Crippen LogP contribution in [0.5, 0.6) is 0 Å². The number of likely N-dealkylation sites (N-methyl/N-ethyl adjacent to an activating group) is 5. The number of nitrogens with one attached hydrogen (secondary N) is 8. The molecule has 0 bridgehead atoms. The van der Waals surface area contributed by atoms with Gasteiger partial charge in [-0.1, -0.05) is 13.8 Å². The number of hydrogen-bond donors (Lipinski definition) is 8. The Labute approximate surface area is 747 Å². The fourth-order valence-electron chi connectivity index (χ4n) is 15.0. The number of rotatable bonds is 26. The van der Waals surface area contributed by atoms with E-state index in [9.17, 15) is 18.0 Å². The highest BCUT2D eigenvalue weighted by atomic mass is 32.2. The predicted molar refractivity (Wildman–Crippen MR) is 513 cm³/mol. The van der Waals surface area contributed by atoms with Crippen molar-refractivity contribution in [2.45, 2.75) is 352 Å². The van der Waals surface area contributed by atoms with Crippen molar-refractivity contribution in [2.24, 2.45) is 23.7 Å². The van der Waals surface area contributed by atoms with Gasteiger partial charge in [-0.2, -0.15) is 0 Å². The fourth-order valence-corrected chi connectivity index (χ4v) is 15.8. The van der Waals surface area contributed by atoms with Gasteiger partial charge >= 0.3 is 0 Å². The highest BCUT2D eigenvalue weighted by Crippen LogP contribution is 2.26. The third-order valence-corrected chi connectivity index (χ3v) is 23.7. The molecule has 8 rings (SSSR count). The molecule has 8 N–H and O–H groups in total. The van der Waals surface area contributed by atoms with E-state index in [1.54, 1.807) is 11.2 Å². The monoisotopic (exact) mass is 1740 g/mol. The van der Waals surface area contributed by atoms with Crippen LogP contribution in [-0.4, -0.2) is 365 Å². The maximum absolute atomic E-state index is 11.9. The highest BCUT2D eigenvalue weighted by molar-refractivity contribution is 7.88. The van der Waals surface area contributed by atoms with Gasteiger partial charge in [0, 0.05) is 182 Å². The molecule has 8 saturated heterocycles. The smallest absolute Gasteiger partial charge is 0.225 e. The van der Waals surface area contributed by atoms with Crippen molar-refractivity contribution in [2.75, 3.05) is 232 Å². The van der Waals surface area contributed by atoms with Gasteiger partial charge in [-0.05, 0) is 342 Å². The first-order chi connectivity index (χ1) is 55.7. The number of ether oxygens (including phenoxy) is 5. The molecule has 0 radical (unpaired) electrons. The van der Waals surface area contributed by atoms with Crippen molar-refractivity contribution in [3.8, 4) is 0 Å². The first kappa shape index (κ1) is 117. The van der Waals surface area contributed by atoms with Crippen molar-refractivity contribution >= 4 is 21.8 Å². The van der Waals surface area contributed by atoms with E-state index in [0.717, 1.165) is 215 Å². The first-order valence-corrected chi connectivity index (χ1v) is 49.6. The molecule has 0 aliphatic carbocycles. The minimum absolute atomic E-state index is 0.146. The average Bonchev–Trinajstić information content (AvgIpc) is 0.809. The van der Waals surface area contributed by atoms with Crippen molar-refractivity contribution in [1.29, 1.82) is 0 Å². The van der Waals surface area contributed by atoms with Crippen LogP contribution in [0.25, 0.3) is 0 Å². The van der Waals surface area contributed by atoms with E-state index >= 15 is 0 Å². The molecule has 2 amide bonds. The molecule has 0 saturated carbocycles. The lowest BCUT2D eigenvalue weighted by molar-refractivity contribution is -0.136. The quantitative estimate of drug-likeness (QED) is 0.0376. The van der Waals surface area contributed by atoms with E-state index in [1.807, 2.05) is 18.7 Å². The van der Waals surface area contributed by atoms with Gasteiger partial charge in [0.1, 0.15) is 0 Å². The van der Waals surface area contributed by atoms with E-state index in [0.29, 0.717) is 55.4 Å². The summed E-state index contributed by atoms with van der Waals surface area (Å²) in [6.45, 7) is 86.7. The Balaban J connectivity index is 0.000000694. The summed E-state index contributed by atoms with van der Waals surface area (Å²) in [7, 11) is 7.78. The molecule has 121 heavy (non-hydrogen) atoms. The average molecular weight is 1740 g/mol. The molecule has 8 aliphatic heterocycles. The Morgan fingerprint density at radius 1 is 0.322 bits per heavy atom. The molecular weight excluding hydrogens is 1540 g/mol. The molecule has 1 unspecified atom stereocenters. The lowest BCUT2D eigenvalue weighted by atomic mass is 9.91. The zero-order valence-corrected chi connectivity index (χ0v) is 86.1. The summed E-state index contributed by atoms with van der Waals surface area (Å²) in [6, 6.07) is 0. The van der Waals surface area contributed by atoms with Gasteiger partial charge in [-0.3, -0.25) is 9.59 Å². The number of carbonyl (C=O) groups excluding carboxylic acids is 2. The molecular formula is C95H202N16O9S. The highest BCUT2D eigenvalue weighted by Gasteiger charge is 2.30. The molecule has 722 valence electrons. The zero-order chi connectivity index (χ0) is 92.1. The third kappa shape index (κ3) is 68.8. The summed E-state index contributed by atoms with van der Waals surface area (Å²) in [5.74, 6) is 3.05. The van der Waals surface area contributed by atoms with E-state index < -0.39 is 10.0 Å². The number of hydrogen-bond acceptors (Lipinski definition) is 22. The lowest BCUT2D eigenvalue weighted by Crippen LogP contribution is -2.48. The second-order valence-electron chi connectivity index (χ2n) is 45.0. The van der Waals surface area contributed by atoms with Crippen molar-refractivity contribution in [3.63, 3.8) is 0 Å². The second kappa shape index (κ2) is 59.4. The van der Waals surface area contributed by atoms with Crippen LogP contribution in [0.2, 0.25) is 0 Å². The van der Waals surface area contributed by atoms with Gasteiger partial charge in [-0.25, -0.2) is 12.7 Å². The number of amides is 2. The Morgan fingerprint density at radius 2 is 0.545 bits per heavy atom. The molecule has 0 aromatic rings. The lowest BCUT2D eigenvalue weighted by Gasteiger charge is -2.33. The van der Waals surface area contributed by atoms with Gasteiger partial charge in [0.25, 0.3) is 0 Å². The normalized spacial score (nSPS) is 22.8. The predicted octanol–water partition coefficient (Wildman–Crippen LogP) is 11.6. The van der Waals surface area contributed by atoms with Crippen molar-refractivity contribution < 1.29 is 41.7 Å². The zero-order valence-electron chi connectivity index (χ0n) is 85.3. The molecule has 8 fully saturated rings. The topological polar surface area (TPSA) is 237 Å². The molecule has 0 spiro atoms. The molecule has 8 aliphatic rings. The van der Waals surface area contributed by atoms with Crippen LogP contribution < -0.4 is 42.5 Å². The van der Waals surface area contributed by atoms with Crippen LogP contribution in [-0.2, 0) is 43.3 Å². The fraction of sp³-hybridized carbons (Fsp3) is 0.979. The van der Waals surface area contributed by atoms with Crippen LogP contribution in [0.4, 0.5) is 0 Å². The Bertz CT molecular complexity index is 2590. The number of sulfonamides is 1. The van der Waals surface area contributed by atoms with Gasteiger partial charge in [-0.15, -0.1) is 0 Å². The summed E-state index contributed by atoms with van der Waals surface area (Å²) in [6.07, 6.45) is 19.7. The summed E-state index contributed by atoms with van der Waals surface area (Å²) >= 11 is 0. The molecule has 0 aromatic heterocycles. The van der Waals surface area contributed by atoms with Gasteiger partial charge < -0.3 is 101 Å². The standard InChI is InChI=1S/C16H32N2O.C14H28N2O.C13H28N2O2S.2C11H24N2O.3C10H22N2O/c1-13(2)15(19)18-11-8-14(9-12-18)7-6-10-17-16(3,4)5;1-12(17)16-10-7-13(8-11-16)6-5-9-15-14(2,3)4;1-13(2,3)14-9-5-6-12-7-10-15(11-8-12)18(4,16)17;2*1-11(2,3)12-6-5-10-9-13(4)7-8-14-10;3*1-10(2,3)11-7-9-8-12(4)5-6-13-9/h13-14,17H,6-12H2,1-5H3;13,15H,5-11H2,1-4H3;12,14H,5-11H2,1-4H3;2*10,12H,5-9H2,1-4H3;3*9,11H,5-8H2,1-4H3/t;;;2*10-;2*9-;/m...1010./s1. The maximum Gasteiger partial charge on any atom is 0.225 e.